The third-order valence-corrected chi connectivity index (χ3v) is 8.03. The highest BCUT2D eigenvalue weighted by Crippen LogP contribution is 2.61. The van der Waals surface area contributed by atoms with Crippen molar-refractivity contribution in [2.24, 2.45) is 5.16 Å². The van der Waals surface area contributed by atoms with Gasteiger partial charge in [-0.25, -0.2) is 0 Å². The number of para-hydroxylation sites is 1. The predicted molar refractivity (Wildman–Crippen MR) is 141 cm³/mol. The molecule has 0 spiro atoms. The number of oxime groups is 1. The highest BCUT2D eigenvalue weighted by atomic mass is 32.2. The quantitative estimate of drug-likeness (QED) is 0.345. The van der Waals surface area contributed by atoms with E-state index >= 15 is 0 Å². The minimum absolute atomic E-state index is 0.211. The molecule has 0 aromatic heterocycles. The second kappa shape index (κ2) is 10.3. The van der Waals surface area contributed by atoms with Gasteiger partial charge < -0.3 is 9.57 Å². The zero-order valence-corrected chi connectivity index (χ0v) is 20.7. The number of hydrogen-bond acceptors (Lipinski definition) is 5. The van der Waals surface area contributed by atoms with E-state index in [1.807, 2.05) is 97.9 Å². The maximum absolute atomic E-state index is 14.6. The lowest BCUT2D eigenvalue weighted by Crippen LogP contribution is -2.46. The van der Waals surface area contributed by atoms with Crippen molar-refractivity contribution < 1.29 is 14.4 Å². The van der Waals surface area contributed by atoms with E-state index in [1.54, 1.807) is 4.90 Å². The summed E-state index contributed by atoms with van der Waals surface area (Å²) in [6, 6.07) is 29.2. The van der Waals surface area contributed by atoms with Gasteiger partial charge >= 0.3 is 0 Å². The van der Waals surface area contributed by atoms with Crippen molar-refractivity contribution in [1.29, 1.82) is 0 Å². The molecule has 0 radical (unpaired) electrons. The number of anilines is 1. The van der Waals surface area contributed by atoms with E-state index in [0.717, 1.165) is 48.2 Å². The van der Waals surface area contributed by atoms with Crippen molar-refractivity contribution >= 4 is 29.1 Å². The van der Waals surface area contributed by atoms with Crippen LogP contribution in [0.4, 0.5) is 5.69 Å². The molecule has 1 aliphatic carbocycles. The molecule has 5 rings (SSSR count). The first-order valence-electron chi connectivity index (χ1n) is 12.3. The van der Waals surface area contributed by atoms with E-state index in [9.17, 15) is 4.79 Å². The summed E-state index contributed by atoms with van der Waals surface area (Å²) in [7, 11) is 0. The summed E-state index contributed by atoms with van der Waals surface area (Å²) in [5.41, 5.74) is 3.37. The predicted octanol–water partition coefficient (Wildman–Crippen LogP) is 6.80. The molecule has 1 aliphatic heterocycles. The zero-order valence-electron chi connectivity index (χ0n) is 19.9. The van der Waals surface area contributed by atoms with Gasteiger partial charge in [0.1, 0.15) is 0 Å². The molecule has 2 aliphatic rings. The van der Waals surface area contributed by atoms with Crippen molar-refractivity contribution in [1.82, 2.24) is 0 Å². The number of thioether (sulfide) groups is 1. The standard InChI is InChI=1S/C29H30N2O3S/c1-2-33-29(24-17-9-4-10-18-24)31(26-21-13-6-14-22-26)27(32)28(35-29,23-15-7-3-8-16-23)34-30-25-19-11-5-12-20-25/h3-4,6-10,13-18,21-22H,2,5,11-12,19-20H2,1H3/t28-,29-/m0/s1. The van der Waals surface area contributed by atoms with Crippen LogP contribution in [0.5, 0.6) is 0 Å². The highest BCUT2D eigenvalue weighted by Gasteiger charge is 2.66. The van der Waals surface area contributed by atoms with Crippen LogP contribution >= 0.6 is 11.8 Å². The normalized spacial score (nSPS) is 24.4. The number of carbonyl (C=O) groups excluding carboxylic acids is 1. The van der Waals surface area contributed by atoms with Gasteiger partial charge in [-0.2, -0.15) is 0 Å². The minimum Gasteiger partial charge on any atom is -0.363 e. The summed E-state index contributed by atoms with van der Waals surface area (Å²) in [6.07, 6.45) is 5.22. The van der Waals surface area contributed by atoms with E-state index < -0.39 is 9.99 Å². The molecule has 1 heterocycles. The molecule has 0 unspecified atom stereocenters. The number of ether oxygens (including phenoxy) is 1. The first kappa shape index (κ1) is 23.6. The summed E-state index contributed by atoms with van der Waals surface area (Å²) in [4.78, 5) is 21.3. The molecule has 3 aromatic carbocycles. The van der Waals surface area contributed by atoms with E-state index in [0.29, 0.717) is 6.61 Å². The smallest absolute Gasteiger partial charge is 0.293 e. The maximum atomic E-state index is 14.6. The fourth-order valence-electron chi connectivity index (χ4n) is 4.77. The Balaban J connectivity index is 1.71. The SMILES string of the molecule is CCO[C@@]1(c2ccccc2)S[C@@](ON=C2CCCCC2)(c2ccccc2)C(=O)N1c1ccccc1. The van der Waals surface area contributed by atoms with E-state index in [4.69, 9.17) is 9.57 Å². The van der Waals surface area contributed by atoms with Crippen LogP contribution in [0.3, 0.4) is 0 Å². The molecule has 1 saturated heterocycles. The van der Waals surface area contributed by atoms with Gasteiger partial charge in [0.2, 0.25) is 5.06 Å². The summed E-state index contributed by atoms with van der Waals surface area (Å²) in [6.45, 7) is 2.36. The molecular formula is C29H30N2O3S. The third kappa shape index (κ3) is 4.37. The molecule has 1 amide bonds. The lowest BCUT2D eigenvalue weighted by atomic mass is 9.99. The Hall–Kier alpha value is -3.09. The Morgan fingerprint density at radius 2 is 1.40 bits per heavy atom. The molecular weight excluding hydrogens is 456 g/mol. The van der Waals surface area contributed by atoms with Gasteiger partial charge in [0.15, 0.2) is 0 Å². The summed E-state index contributed by atoms with van der Waals surface area (Å²) < 4.78 is 6.52. The number of benzene rings is 3. The molecule has 1 saturated carbocycles. The second-order valence-corrected chi connectivity index (χ2v) is 10.1. The molecule has 0 bridgehead atoms. The maximum Gasteiger partial charge on any atom is 0.293 e. The number of hydrogen-bond donors (Lipinski definition) is 0. The average Bonchev–Trinajstić information content (AvgIpc) is 3.19. The van der Waals surface area contributed by atoms with Crippen LogP contribution in [0.1, 0.15) is 50.2 Å². The molecule has 35 heavy (non-hydrogen) atoms. The van der Waals surface area contributed by atoms with E-state index in [-0.39, 0.29) is 5.91 Å². The van der Waals surface area contributed by atoms with Gasteiger partial charge in [0.05, 0.1) is 5.71 Å². The molecule has 2 atom stereocenters. The van der Waals surface area contributed by atoms with Crippen molar-refractivity contribution in [3.63, 3.8) is 0 Å². The van der Waals surface area contributed by atoms with Crippen LogP contribution in [0.15, 0.2) is 96.2 Å². The van der Waals surface area contributed by atoms with Crippen LogP contribution in [0.2, 0.25) is 0 Å². The highest BCUT2D eigenvalue weighted by molar-refractivity contribution is 8.02. The van der Waals surface area contributed by atoms with Crippen LogP contribution in [0, 0.1) is 0 Å². The second-order valence-electron chi connectivity index (χ2n) is 8.75. The van der Waals surface area contributed by atoms with E-state index in [1.165, 1.54) is 18.2 Å². The number of amides is 1. The summed E-state index contributed by atoms with van der Waals surface area (Å²) >= 11 is 1.36. The van der Waals surface area contributed by atoms with Gasteiger partial charge in [-0.3, -0.25) is 9.69 Å². The molecule has 6 heteroatoms. The van der Waals surface area contributed by atoms with Gasteiger partial charge in [-0.15, -0.1) is 0 Å². The van der Waals surface area contributed by atoms with Gasteiger partial charge in [-0.05, 0) is 56.5 Å². The van der Waals surface area contributed by atoms with E-state index in [2.05, 4.69) is 5.16 Å². The van der Waals surface area contributed by atoms with Crippen molar-refractivity contribution in [2.75, 3.05) is 11.5 Å². The fourth-order valence-corrected chi connectivity index (χ4v) is 6.38. The lowest BCUT2D eigenvalue weighted by molar-refractivity contribution is -0.134. The topological polar surface area (TPSA) is 51.1 Å². The Morgan fingerprint density at radius 3 is 2.00 bits per heavy atom. The van der Waals surface area contributed by atoms with Crippen molar-refractivity contribution in [3.05, 3.63) is 102 Å². The first-order chi connectivity index (χ1) is 17.2. The monoisotopic (exact) mass is 486 g/mol. The van der Waals surface area contributed by atoms with Crippen LogP contribution in [0.25, 0.3) is 0 Å². The fraction of sp³-hybridized carbons (Fsp3) is 0.310. The Labute approximate surface area is 211 Å². The zero-order chi connectivity index (χ0) is 24.1. The first-order valence-corrected chi connectivity index (χ1v) is 13.1. The average molecular weight is 487 g/mol. The molecule has 2 fully saturated rings. The number of rotatable bonds is 7. The summed E-state index contributed by atoms with van der Waals surface area (Å²) in [5.74, 6) is -0.211. The van der Waals surface area contributed by atoms with Crippen LogP contribution in [-0.2, 0) is 24.4 Å². The Bertz CT molecular complexity index is 1160. The van der Waals surface area contributed by atoms with Gasteiger partial charge in [0, 0.05) is 23.4 Å². The molecule has 0 N–H and O–H groups in total. The largest absolute Gasteiger partial charge is 0.363 e. The molecule has 3 aromatic rings. The van der Waals surface area contributed by atoms with Crippen molar-refractivity contribution in [2.45, 2.75) is 49.0 Å². The van der Waals surface area contributed by atoms with Crippen LogP contribution < -0.4 is 4.90 Å². The summed E-state index contributed by atoms with van der Waals surface area (Å²) in [5, 5.41) is 3.48. The number of nitrogens with zero attached hydrogens (tertiary/aromatic N) is 2. The molecule has 180 valence electrons. The Morgan fingerprint density at radius 1 is 0.829 bits per heavy atom. The molecule has 5 nitrogen and oxygen atoms in total. The minimum atomic E-state index is -1.40. The third-order valence-electron chi connectivity index (χ3n) is 6.44. The van der Waals surface area contributed by atoms with Gasteiger partial charge in [-0.1, -0.05) is 90.4 Å². The number of carbonyl (C=O) groups is 1. The lowest BCUT2D eigenvalue weighted by Gasteiger charge is -2.36. The Kier molecular flexibility index (Phi) is 6.93. The van der Waals surface area contributed by atoms with Gasteiger partial charge in [0.25, 0.3) is 10.8 Å². The van der Waals surface area contributed by atoms with Crippen LogP contribution in [-0.4, -0.2) is 18.2 Å². The van der Waals surface area contributed by atoms with Crippen molar-refractivity contribution in [3.8, 4) is 0 Å².